The van der Waals surface area contributed by atoms with E-state index in [1.54, 1.807) is 0 Å². The number of aryl methyl sites for hydroxylation is 1. The summed E-state index contributed by atoms with van der Waals surface area (Å²) in [7, 11) is 0. The van der Waals surface area contributed by atoms with E-state index in [1.165, 1.54) is 43.2 Å². The van der Waals surface area contributed by atoms with Crippen LogP contribution >= 0.6 is 0 Å². The van der Waals surface area contributed by atoms with E-state index in [0.717, 1.165) is 32.4 Å². The van der Waals surface area contributed by atoms with Gasteiger partial charge in [0.1, 0.15) is 0 Å². The molecule has 0 spiro atoms. The summed E-state index contributed by atoms with van der Waals surface area (Å²) in [6.45, 7) is 4.20. The highest BCUT2D eigenvalue weighted by molar-refractivity contribution is 5.66. The molecular weight excluding hydrogens is 274 g/mol. The topological polar surface area (TPSA) is 49.3 Å². The van der Waals surface area contributed by atoms with Crippen molar-refractivity contribution < 1.29 is 9.90 Å². The molecule has 0 aliphatic rings. The summed E-state index contributed by atoms with van der Waals surface area (Å²) in [6, 6.07) is 8.94. The Morgan fingerprint density at radius 2 is 1.59 bits per heavy atom. The minimum Gasteiger partial charge on any atom is -0.481 e. The van der Waals surface area contributed by atoms with E-state index in [0.29, 0.717) is 6.42 Å². The average molecular weight is 305 g/mol. The summed E-state index contributed by atoms with van der Waals surface area (Å²) in [4.78, 5) is 10.4. The van der Waals surface area contributed by atoms with Crippen LogP contribution in [0.15, 0.2) is 24.3 Å². The highest BCUT2D eigenvalue weighted by Gasteiger charge is 1.97. The van der Waals surface area contributed by atoms with Gasteiger partial charge in [0.2, 0.25) is 0 Å². The number of nitrogens with one attached hydrogen (secondary N) is 1. The zero-order valence-corrected chi connectivity index (χ0v) is 13.9. The van der Waals surface area contributed by atoms with Gasteiger partial charge in [0.05, 0.1) is 0 Å². The lowest BCUT2D eigenvalue weighted by molar-refractivity contribution is -0.137. The molecule has 22 heavy (non-hydrogen) atoms. The Kier molecular flexibility index (Phi) is 10.4. The predicted octanol–water partition coefficient (Wildman–Crippen LogP) is 4.54. The SMILES string of the molecule is CCCCc1ccc(CNCCCCCCCC(=O)O)cc1. The molecule has 124 valence electrons. The molecule has 3 nitrogen and oxygen atoms in total. The van der Waals surface area contributed by atoms with Gasteiger partial charge in [-0.25, -0.2) is 0 Å². The Morgan fingerprint density at radius 3 is 2.27 bits per heavy atom. The Balaban J connectivity index is 1.99. The van der Waals surface area contributed by atoms with Gasteiger partial charge in [0, 0.05) is 13.0 Å². The lowest BCUT2D eigenvalue weighted by Gasteiger charge is -2.06. The summed E-state index contributed by atoms with van der Waals surface area (Å²) in [5, 5.41) is 12.0. The van der Waals surface area contributed by atoms with E-state index in [9.17, 15) is 4.79 Å². The molecule has 0 saturated heterocycles. The molecule has 0 aliphatic heterocycles. The highest BCUT2D eigenvalue weighted by Crippen LogP contribution is 2.08. The van der Waals surface area contributed by atoms with E-state index in [4.69, 9.17) is 5.11 Å². The normalized spacial score (nSPS) is 10.8. The molecule has 1 aromatic carbocycles. The molecule has 0 fully saturated rings. The smallest absolute Gasteiger partial charge is 0.303 e. The molecule has 0 saturated carbocycles. The quantitative estimate of drug-likeness (QED) is 0.526. The number of unbranched alkanes of at least 4 members (excludes halogenated alkanes) is 5. The number of benzene rings is 1. The first-order valence-corrected chi connectivity index (χ1v) is 8.72. The van der Waals surface area contributed by atoms with Crippen molar-refractivity contribution in [2.45, 2.75) is 71.3 Å². The second-order valence-electron chi connectivity index (χ2n) is 6.01. The molecule has 0 heterocycles. The summed E-state index contributed by atoms with van der Waals surface area (Å²) >= 11 is 0. The van der Waals surface area contributed by atoms with E-state index in [1.807, 2.05) is 0 Å². The van der Waals surface area contributed by atoms with Crippen LogP contribution in [0.1, 0.15) is 69.4 Å². The average Bonchev–Trinajstić information content (AvgIpc) is 2.52. The minimum atomic E-state index is -0.678. The fraction of sp³-hybridized carbons (Fsp3) is 0.632. The van der Waals surface area contributed by atoms with Crippen LogP contribution in [0, 0.1) is 0 Å². The van der Waals surface area contributed by atoms with Gasteiger partial charge < -0.3 is 10.4 Å². The van der Waals surface area contributed by atoms with E-state index < -0.39 is 5.97 Å². The van der Waals surface area contributed by atoms with E-state index in [2.05, 4.69) is 36.5 Å². The first-order valence-electron chi connectivity index (χ1n) is 8.72. The minimum absolute atomic E-state index is 0.312. The molecule has 1 aromatic rings. The van der Waals surface area contributed by atoms with Crippen LogP contribution in [0.4, 0.5) is 0 Å². The number of carboxylic acids is 1. The largest absolute Gasteiger partial charge is 0.481 e. The molecule has 0 aliphatic carbocycles. The molecule has 0 aromatic heterocycles. The van der Waals surface area contributed by atoms with Gasteiger partial charge >= 0.3 is 5.97 Å². The Morgan fingerprint density at radius 1 is 0.955 bits per heavy atom. The summed E-state index contributed by atoms with van der Waals surface area (Å²) in [6.07, 6.45) is 9.35. The molecule has 0 atom stereocenters. The highest BCUT2D eigenvalue weighted by atomic mass is 16.4. The van der Waals surface area contributed by atoms with Crippen LogP contribution < -0.4 is 5.32 Å². The number of hydrogen-bond donors (Lipinski definition) is 2. The van der Waals surface area contributed by atoms with E-state index >= 15 is 0 Å². The third-order valence-electron chi connectivity index (χ3n) is 3.92. The van der Waals surface area contributed by atoms with Crippen LogP contribution in [0.5, 0.6) is 0 Å². The maximum atomic E-state index is 10.4. The zero-order chi connectivity index (χ0) is 16.0. The van der Waals surface area contributed by atoms with E-state index in [-0.39, 0.29) is 0 Å². The van der Waals surface area contributed by atoms with Crippen molar-refractivity contribution in [3.05, 3.63) is 35.4 Å². The van der Waals surface area contributed by atoms with Crippen molar-refractivity contribution in [1.82, 2.24) is 5.32 Å². The van der Waals surface area contributed by atoms with Gasteiger partial charge in [-0.2, -0.15) is 0 Å². The Labute approximate surface area is 135 Å². The van der Waals surface area contributed by atoms with Crippen molar-refractivity contribution in [1.29, 1.82) is 0 Å². The lowest BCUT2D eigenvalue weighted by Crippen LogP contribution is -2.14. The molecule has 1 rings (SSSR count). The van der Waals surface area contributed by atoms with Gasteiger partial charge in [0.15, 0.2) is 0 Å². The number of carbonyl (C=O) groups is 1. The third-order valence-corrected chi connectivity index (χ3v) is 3.92. The summed E-state index contributed by atoms with van der Waals surface area (Å²) in [5.41, 5.74) is 2.79. The number of hydrogen-bond acceptors (Lipinski definition) is 2. The van der Waals surface area contributed by atoms with Crippen molar-refractivity contribution in [3.8, 4) is 0 Å². The van der Waals surface area contributed by atoms with Crippen LogP contribution in [0.2, 0.25) is 0 Å². The molecule has 3 heteroatoms. The van der Waals surface area contributed by atoms with Gasteiger partial charge in [-0.1, -0.05) is 56.9 Å². The lowest BCUT2D eigenvalue weighted by atomic mass is 10.1. The first kappa shape index (κ1) is 18.7. The molecule has 0 bridgehead atoms. The molecule has 0 amide bonds. The number of aliphatic carboxylic acids is 1. The summed E-state index contributed by atoms with van der Waals surface area (Å²) < 4.78 is 0. The maximum absolute atomic E-state index is 10.4. The predicted molar refractivity (Wildman–Crippen MR) is 92.1 cm³/mol. The molecule has 0 radical (unpaired) electrons. The second kappa shape index (κ2) is 12.2. The van der Waals surface area contributed by atoms with Gasteiger partial charge in [0.25, 0.3) is 0 Å². The van der Waals surface area contributed by atoms with Crippen LogP contribution in [0.3, 0.4) is 0 Å². The third kappa shape index (κ3) is 9.56. The zero-order valence-electron chi connectivity index (χ0n) is 13.9. The second-order valence-corrected chi connectivity index (χ2v) is 6.01. The van der Waals surface area contributed by atoms with Crippen molar-refractivity contribution >= 4 is 5.97 Å². The van der Waals surface area contributed by atoms with Crippen molar-refractivity contribution in [3.63, 3.8) is 0 Å². The maximum Gasteiger partial charge on any atom is 0.303 e. The first-order chi connectivity index (χ1) is 10.7. The van der Waals surface area contributed by atoms with Crippen LogP contribution in [-0.4, -0.2) is 17.6 Å². The molecular formula is C19H31NO2. The Hall–Kier alpha value is -1.35. The standard InChI is InChI=1S/C19H31NO2/c1-2-3-9-17-11-13-18(14-12-17)16-20-15-8-6-4-5-7-10-19(21)22/h11-14,20H,2-10,15-16H2,1H3,(H,21,22). The van der Waals surface area contributed by atoms with Gasteiger partial charge in [-0.3, -0.25) is 4.79 Å². The molecule has 2 N–H and O–H groups in total. The Bertz CT molecular complexity index is 400. The van der Waals surface area contributed by atoms with Gasteiger partial charge in [-0.05, 0) is 43.4 Å². The number of rotatable bonds is 13. The monoisotopic (exact) mass is 305 g/mol. The molecule has 0 unspecified atom stereocenters. The summed E-state index contributed by atoms with van der Waals surface area (Å²) in [5.74, 6) is -0.678. The van der Waals surface area contributed by atoms with Crippen LogP contribution in [0.25, 0.3) is 0 Å². The van der Waals surface area contributed by atoms with Crippen molar-refractivity contribution in [2.75, 3.05) is 6.54 Å². The number of carboxylic acid groups (broad SMARTS) is 1. The van der Waals surface area contributed by atoms with Crippen LogP contribution in [-0.2, 0) is 17.8 Å². The van der Waals surface area contributed by atoms with Crippen molar-refractivity contribution in [2.24, 2.45) is 0 Å². The van der Waals surface area contributed by atoms with Gasteiger partial charge in [-0.15, -0.1) is 0 Å². The fourth-order valence-corrected chi connectivity index (χ4v) is 2.49. The fourth-order valence-electron chi connectivity index (χ4n) is 2.49.